The molecule has 0 spiro atoms. The van der Waals surface area contributed by atoms with Crippen molar-refractivity contribution >= 4 is 11.8 Å². The SMILES string of the molecule is CCOc1cccc(NC(=O)OCCN2CCCC2)c1. The molecule has 5 nitrogen and oxygen atoms in total. The summed E-state index contributed by atoms with van der Waals surface area (Å²) in [5.74, 6) is 0.738. The van der Waals surface area contributed by atoms with Gasteiger partial charge in [0.1, 0.15) is 12.4 Å². The molecule has 0 radical (unpaired) electrons. The van der Waals surface area contributed by atoms with Crippen LogP contribution in [0.4, 0.5) is 10.5 Å². The van der Waals surface area contributed by atoms with E-state index < -0.39 is 6.09 Å². The summed E-state index contributed by atoms with van der Waals surface area (Å²) in [5.41, 5.74) is 0.683. The molecule has 1 amide bonds. The lowest BCUT2D eigenvalue weighted by molar-refractivity contribution is 0.146. The topological polar surface area (TPSA) is 50.8 Å². The summed E-state index contributed by atoms with van der Waals surface area (Å²) >= 11 is 0. The van der Waals surface area contributed by atoms with E-state index in [1.807, 2.05) is 25.1 Å². The molecule has 1 aliphatic heterocycles. The van der Waals surface area contributed by atoms with Crippen molar-refractivity contribution in [3.05, 3.63) is 24.3 Å². The van der Waals surface area contributed by atoms with Crippen LogP contribution in [0, 0.1) is 0 Å². The first-order valence-corrected chi connectivity index (χ1v) is 7.17. The number of hydrogen-bond donors (Lipinski definition) is 1. The quantitative estimate of drug-likeness (QED) is 0.869. The molecule has 0 aliphatic carbocycles. The van der Waals surface area contributed by atoms with Gasteiger partial charge in [-0.2, -0.15) is 0 Å². The Morgan fingerprint density at radius 3 is 2.90 bits per heavy atom. The molecule has 110 valence electrons. The summed E-state index contributed by atoms with van der Waals surface area (Å²) in [4.78, 5) is 14.0. The molecule has 1 aliphatic rings. The van der Waals surface area contributed by atoms with Gasteiger partial charge >= 0.3 is 6.09 Å². The van der Waals surface area contributed by atoms with Crippen molar-refractivity contribution < 1.29 is 14.3 Å². The van der Waals surface area contributed by atoms with Gasteiger partial charge in [-0.15, -0.1) is 0 Å². The number of ether oxygens (including phenoxy) is 2. The molecular formula is C15H22N2O3. The maximum Gasteiger partial charge on any atom is 0.411 e. The monoisotopic (exact) mass is 278 g/mol. The first-order valence-electron chi connectivity index (χ1n) is 7.17. The summed E-state index contributed by atoms with van der Waals surface area (Å²) in [5, 5.41) is 2.71. The minimum atomic E-state index is -0.419. The van der Waals surface area contributed by atoms with Crippen LogP contribution in [0.3, 0.4) is 0 Å². The molecule has 1 fully saturated rings. The van der Waals surface area contributed by atoms with Gasteiger partial charge < -0.3 is 9.47 Å². The third kappa shape index (κ3) is 4.74. The van der Waals surface area contributed by atoms with E-state index in [2.05, 4.69) is 10.2 Å². The van der Waals surface area contributed by atoms with E-state index in [-0.39, 0.29) is 0 Å². The lowest BCUT2D eigenvalue weighted by Crippen LogP contribution is -2.26. The van der Waals surface area contributed by atoms with Gasteiger partial charge in [0.25, 0.3) is 0 Å². The summed E-state index contributed by atoms with van der Waals surface area (Å²) < 4.78 is 10.6. The molecule has 2 rings (SSSR count). The lowest BCUT2D eigenvalue weighted by atomic mass is 10.3. The van der Waals surface area contributed by atoms with Crippen molar-refractivity contribution in [2.45, 2.75) is 19.8 Å². The maximum absolute atomic E-state index is 11.7. The third-order valence-electron chi connectivity index (χ3n) is 3.23. The second-order valence-electron chi connectivity index (χ2n) is 4.77. The molecule has 0 bridgehead atoms. The standard InChI is InChI=1S/C15H22N2O3/c1-2-19-14-7-5-6-13(12-14)16-15(18)20-11-10-17-8-3-4-9-17/h5-7,12H,2-4,8-11H2,1H3,(H,16,18). The molecule has 5 heteroatoms. The van der Waals surface area contributed by atoms with Gasteiger partial charge in [0.15, 0.2) is 0 Å². The van der Waals surface area contributed by atoms with Crippen molar-refractivity contribution in [3.8, 4) is 5.75 Å². The van der Waals surface area contributed by atoms with Gasteiger partial charge in [-0.25, -0.2) is 4.79 Å². The van der Waals surface area contributed by atoms with E-state index in [9.17, 15) is 4.79 Å². The zero-order valence-corrected chi connectivity index (χ0v) is 11.9. The Labute approximate surface area is 119 Å². The summed E-state index contributed by atoms with van der Waals surface area (Å²) in [7, 11) is 0. The van der Waals surface area contributed by atoms with Crippen LogP contribution in [-0.4, -0.2) is 43.8 Å². The fraction of sp³-hybridized carbons (Fsp3) is 0.533. The number of carbonyl (C=O) groups excluding carboxylic acids is 1. The van der Waals surface area contributed by atoms with Crippen molar-refractivity contribution in [2.24, 2.45) is 0 Å². The summed E-state index contributed by atoms with van der Waals surface area (Å²) in [6, 6.07) is 7.29. The van der Waals surface area contributed by atoms with E-state index in [0.29, 0.717) is 18.9 Å². The van der Waals surface area contributed by atoms with Crippen LogP contribution in [0.1, 0.15) is 19.8 Å². The predicted octanol–water partition coefficient (Wildman–Crippen LogP) is 2.73. The van der Waals surface area contributed by atoms with Crippen LogP contribution in [0.15, 0.2) is 24.3 Å². The molecular weight excluding hydrogens is 256 g/mol. The Bertz CT molecular complexity index is 431. The first kappa shape index (κ1) is 14.7. The number of likely N-dealkylation sites (tertiary alicyclic amines) is 1. The molecule has 0 aromatic heterocycles. The summed E-state index contributed by atoms with van der Waals surface area (Å²) in [6.07, 6.45) is 2.07. The molecule has 1 N–H and O–H groups in total. The number of nitrogens with zero attached hydrogens (tertiary/aromatic N) is 1. The molecule has 1 heterocycles. The normalized spacial score (nSPS) is 15.1. The first-order chi connectivity index (χ1) is 9.78. The van der Waals surface area contributed by atoms with Crippen molar-refractivity contribution in [3.63, 3.8) is 0 Å². The number of anilines is 1. The van der Waals surface area contributed by atoms with Crippen LogP contribution in [-0.2, 0) is 4.74 Å². The highest BCUT2D eigenvalue weighted by molar-refractivity contribution is 5.84. The molecule has 20 heavy (non-hydrogen) atoms. The summed E-state index contributed by atoms with van der Waals surface area (Å²) in [6.45, 7) is 5.99. The Morgan fingerprint density at radius 2 is 2.15 bits per heavy atom. The van der Waals surface area contributed by atoms with E-state index >= 15 is 0 Å². The lowest BCUT2D eigenvalue weighted by Gasteiger charge is -2.14. The Balaban J connectivity index is 1.71. The maximum atomic E-state index is 11.7. The highest BCUT2D eigenvalue weighted by atomic mass is 16.5. The van der Waals surface area contributed by atoms with Crippen LogP contribution < -0.4 is 10.1 Å². The van der Waals surface area contributed by atoms with Crippen molar-refractivity contribution in [2.75, 3.05) is 38.2 Å². The number of nitrogens with one attached hydrogen (secondary N) is 1. The molecule has 0 atom stereocenters. The van der Waals surface area contributed by atoms with Gasteiger partial charge in [-0.05, 0) is 45.0 Å². The highest BCUT2D eigenvalue weighted by Crippen LogP contribution is 2.17. The average molecular weight is 278 g/mol. The predicted molar refractivity (Wildman–Crippen MR) is 78.3 cm³/mol. The van der Waals surface area contributed by atoms with E-state index in [1.54, 1.807) is 6.07 Å². The smallest absolute Gasteiger partial charge is 0.411 e. The fourth-order valence-corrected chi connectivity index (χ4v) is 2.26. The molecule has 1 aromatic rings. The average Bonchev–Trinajstić information content (AvgIpc) is 2.93. The van der Waals surface area contributed by atoms with Gasteiger partial charge in [0.2, 0.25) is 0 Å². The van der Waals surface area contributed by atoms with Gasteiger partial charge in [-0.1, -0.05) is 6.07 Å². The highest BCUT2D eigenvalue weighted by Gasteiger charge is 2.11. The van der Waals surface area contributed by atoms with Crippen molar-refractivity contribution in [1.82, 2.24) is 4.90 Å². The molecule has 1 aromatic carbocycles. The second-order valence-corrected chi connectivity index (χ2v) is 4.77. The third-order valence-corrected chi connectivity index (χ3v) is 3.23. The Morgan fingerprint density at radius 1 is 1.35 bits per heavy atom. The van der Waals surface area contributed by atoms with Crippen LogP contribution in [0.5, 0.6) is 5.75 Å². The van der Waals surface area contributed by atoms with Gasteiger partial charge in [0, 0.05) is 18.3 Å². The van der Waals surface area contributed by atoms with Crippen molar-refractivity contribution in [1.29, 1.82) is 0 Å². The second kappa shape index (κ2) is 7.75. The van der Waals surface area contributed by atoms with Gasteiger partial charge in [0.05, 0.1) is 6.61 Å². The zero-order valence-electron chi connectivity index (χ0n) is 11.9. The minimum Gasteiger partial charge on any atom is -0.494 e. The van der Waals surface area contributed by atoms with E-state index in [0.717, 1.165) is 25.4 Å². The minimum absolute atomic E-state index is 0.419. The number of benzene rings is 1. The Hall–Kier alpha value is -1.75. The molecule has 1 saturated heterocycles. The number of carbonyl (C=O) groups is 1. The Kier molecular flexibility index (Phi) is 5.68. The van der Waals surface area contributed by atoms with Gasteiger partial charge in [-0.3, -0.25) is 10.2 Å². The zero-order chi connectivity index (χ0) is 14.2. The fourth-order valence-electron chi connectivity index (χ4n) is 2.26. The number of rotatable bonds is 6. The largest absolute Gasteiger partial charge is 0.494 e. The van der Waals surface area contributed by atoms with E-state index in [1.165, 1.54) is 12.8 Å². The molecule has 0 unspecified atom stereocenters. The van der Waals surface area contributed by atoms with Crippen LogP contribution in [0.25, 0.3) is 0 Å². The van der Waals surface area contributed by atoms with E-state index in [4.69, 9.17) is 9.47 Å². The number of hydrogen-bond acceptors (Lipinski definition) is 4. The van der Waals surface area contributed by atoms with Crippen LogP contribution >= 0.6 is 0 Å². The number of amides is 1. The molecule has 0 saturated carbocycles. The van der Waals surface area contributed by atoms with Crippen LogP contribution in [0.2, 0.25) is 0 Å².